The minimum Gasteiger partial charge on any atom is -0.314 e. The molecule has 0 bridgehead atoms. The molecule has 3 aromatic rings. The molecular formula is C18H22N6. The summed E-state index contributed by atoms with van der Waals surface area (Å²) < 4.78 is 2.16. The molecule has 0 radical (unpaired) electrons. The topological polar surface area (TPSA) is 58.4 Å². The molecule has 1 aliphatic heterocycles. The van der Waals surface area contributed by atoms with E-state index in [0.29, 0.717) is 6.04 Å². The summed E-state index contributed by atoms with van der Waals surface area (Å²) in [6, 6.07) is 6.60. The summed E-state index contributed by atoms with van der Waals surface area (Å²) >= 11 is 0. The molecule has 1 unspecified atom stereocenters. The van der Waals surface area contributed by atoms with Gasteiger partial charge in [-0.3, -0.25) is 14.3 Å². The Morgan fingerprint density at radius 3 is 3.04 bits per heavy atom. The predicted octanol–water partition coefficient (Wildman–Crippen LogP) is 1.89. The summed E-state index contributed by atoms with van der Waals surface area (Å²) in [6.07, 6.45) is 5.75. The number of piperazine rings is 1. The van der Waals surface area contributed by atoms with Gasteiger partial charge >= 0.3 is 0 Å². The van der Waals surface area contributed by atoms with Crippen molar-refractivity contribution in [2.75, 3.05) is 19.6 Å². The molecule has 124 valence electrons. The van der Waals surface area contributed by atoms with Crippen LogP contribution in [0.5, 0.6) is 0 Å². The van der Waals surface area contributed by atoms with Crippen molar-refractivity contribution >= 4 is 5.78 Å². The van der Waals surface area contributed by atoms with E-state index in [-0.39, 0.29) is 0 Å². The van der Waals surface area contributed by atoms with Gasteiger partial charge < -0.3 is 5.32 Å². The normalized spacial score (nSPS) is 19.0. The monoisotopic (exact) mass is 322 g/mol. The van der Waals surface area contributed by atoms with Crippen LogP contribution in [0.25, 0.3) is 5.78 Å². The van der Waals surface area contributed by atoms with Gasteiger partial charge in [0.15, 0.2) is 0 Å². The van der Waals surface area contributed by atoms with E-state index in [2.05, 4.69) is 48.6 Å². The van der Waals surface area contributed by atoms with Crippen LogP contribution in [0.2, 0.25) is 0 Å². The zero-order chi connectivity index (χ0) is 16.5. The van der Waals surface area contributed by atoms with Crippen LogP contribution in [0.1, 0.15) is 28.7 Å². The van der Waals surface area contributed by atoms with Crippen LogP contribution in [-0.2, 0) is 6.54 Å². The summed E-state index contributed by atoms with van der Waals surface area (Å²) in [6.45, 7) is 7.93. The zero-order valence-electron chi connectivity index (χ0n) is 14.1. The van der Waals surface area contributed by atoms with Crippen LogP contribution in [0.15, 0.2) is 36.8 Å². The minimum atomic E-state index is 0.330. The fraction of sp³-hybridized carbons (Fsp3) is 0.389. The first-order valence-corrected chi connectivity index (χ1v) is 8.37. The van der Waals surface area contributed by atoms with Crippen LogP contribution in [0.4, 0.5) is 0 Å². The number of nitrogens with one attached hydrogen (secondary N) is 1. The van der Waals surface area contributed by atoms with Crippen molar-refractivity contribution in [1.82, 2.24) is 29.6 Å². The van der Waals surface area contributed by atoms with E-state index in [1.165, 1.54) is 17.0 Å². The number of rotatable bonds is 3. The van der Waals surface area contributed by atoms with E-state index in [9.17, 15) is 0 Å². The molecule has 6 heteroatoms. The number of pyridine rings is 1. The quantitative estimate of drug-likeness (QED) is 0.798. The van der Waals surface area contributed by atoms with Gasteiger partial charge in [0.2, 0.25) is 5.78 Å². The van der Waals surface area contributed by atoms with Gasteiger partial charge in [-0.25, -0.2) is 9.97 Å². The minimum absolute atomic E-state index is 0.330. The average Bonchev–Trinajstić information content (AvgIpc) is 2.99. The molecule has 1 aliphatic rings. The number of aromatic nitrogens is 4. The van der Waals surface area contributed by atoms with Gasteiger partial charge in [0, 0.05) is 56.0 Å². The van der Waals surface area contributed by atoms with Gasteiger partial charge in [-0.05, 0) is 31.5 Å². The molecule has 0 aliphatic carbocycles. The molecule has 0 aromatic carbocycles. The summed E-state index contributed by atoms with van der Waals surface area (Å²) in [5, 5.41) is 3.49. The van der Waals surface area contributed by atoms with Crippen molar-refractivity contribution in [3.05, 3.63) is 59.4 Å². The Labute approximate surface area is 141 Å². The molecule has 1 saturated heterocycles. The Balaban J connectivity index is 1.66. The van der Waals surface area contributed by atoms with Crippen molar-refractivity contribution in [3.8, 4) is 0 Å². The number of hydrogen-bond donors (Lipinski definition) is 1. The van der Waals surface area contributed by atoms with E-state index in [4.69, 9.17) is 0 Å². The van der Waals surface area contributed by atoms with E-state index in [0.717, 1.165) is 37.7 Å². The fourth-order valence-electron chi connectivity index (χ4n) is 3.55. The second-order valence-corrected chi connectivity index (χ2v) is 6.40. The molecule has 4 heterocycles. The van der Waals surface area contributed by atoms with Crippen LogP contribution in [0, 0.1) is 13.8 Å². The second-order valence-electron chi connectivity index (χ2n) is 6.40. The first-order valence-electron chi connectivity index (χ1n) is 8.37. The molecule has 0 saturated carbocycles. The Morgan fingerprint density at radius 1 is 1.29 bits per heavy atom. The molecule has 24 heavy (non-hydrogen) atoms. The third-order valence-electron chi connectivity index (χ3n) is 4.65. The highest BCUT2D eigenvalue weighted by molar-refractivity contribution is 5.35. The molecule has 1 fully saturated rings. The van der Waals surface area contributed by atoms with Gasteiger partial charge in [0.05, 0.1) is 11.9 Å². The highest BCUT2D eigenvalue weighted by Crippen LogP contribution is 2.24. The van der Waals surface area contributed by atoms with E-state index in [1.54, 1.807) is 0 Å². The standard InChI is InChI=1S/C18H22N6/c1-13-8-14(2)24-16(10-21-18(24)22-13)12-23-7-6-20-11-17(23)15-4-3-5-19-9-15/h3-5,8-10,17,20H,6-7,11-12H2,1-2H3. The maximum absolute atomic E-state index is 4.54. The molecule has 1 atom stereocenters. The van der Waals surface area contributed by atoms with E-state index in [1.807, 2.05) is 31.6 Å². The maximum atomic E-state index is 4.54. The molecule has 0 amide bonds. The fourth-order valence-corrected chi connectivity index (χ4v) is 3.55. The third-order valence-corrected chi connectivity index (χ3v) is 4.65. The van der Waals surface area contributed by atoms with Crippen molar-refractivity contribution in [2.45, 2.75) is 26.4 Å². The highest BCUT2D eigenvalue weighted by atomic mass is 15.2. The van der Waals surface area contributed by atoms with Crippen molar-refractivity contribution in [3.63, 3.8) is 0 Å². The third kappa shape index (κ3) is 2.79. The molecule has 0 spiro atoms. The summed E-state index contributed by atoms with van der Waals surface area (Å²) in [4.78, 5) is 15.8. The summed E-state index contributed by atoms with van der Waals surface area (Å²) in [5.74, 6) is 0.788. The Morgan fingerprint density at radius 2 is 2.21 bits per heavy atom. The number of imidazole rings is 1. The molecule has 1 N–H and O–H groups in total. The van der Waals surface area contributed by atoms with Gasteiger partial charge in [0.1, 0.15) is 0 Å². The van der Waals surface area contributed by atoms with Crippen molar-refractivity contribution < 1.29 is 0 Å². The van der Waals surface area contributed by atoms with Crippen LogP contribution in [-0.4, -0.2) is 43.9 Å². The summed E-state index contributed by atoms with van der Waals surface area (Å²) in [5.41, 5.74) is 4.63. The Kier molecular flexibility index (Phi) is 4.00. The van der Waals surface area contributed by atoms with Crippen LogP contribution in [0.3, 0.4) is 0 Å². The Bertz CT molecular complexity index is 841. The zero-order valence-corrected chi connectivity index (χ0v) is 14.1. The summed E-state index contributed by atoms with van der Waals surface area (Å²) in [7, 11) is 0. The first-order chi connectivity index (χ1) is 11.7. The lowest BCUT2D eigenvalue weighted by Gasteiger charge is -2.36. The lowest BCUT2D eigenvalue weighted by atomic mass is 10.1. The number of aryl methyl sites for hydroxylation is 2. The van der Waals surface area contributed by atoms with Gasteiger partial charge in [-0.15, -0.1) is 0 Å². The van der Waals surface area contributed by atoms with E-state index >= 15 is 0 Å². The molecular weight excluding hydrogens is 300 g/mol. The van der Waals surface area contributed by atoms with Crippen LogP contribution < -0.4 is 5.32 Å². The highest BCUT2D eigenvalue weighted by Gasteiger charge is 2.25. The molecule has 3 aromatic heterocycles. The van der Waals surface area contributed by atoms with Gasteiger partial charge in [-0.2, -0.15) is 0 Å². The van der Waals surface area contributed by atoms with Crippen molar-refractivity contribution in [1.29, 1.82) is 0 Å². The van der Waals surface area contributed by atoms with Gasteiger partial charge in [0.25, 0.3) is 0 Å². The van der Waals surface area contributed by atoms with Gasteiger partial charge in [-0.1, -0.05) is 6.07 Å². The SMILES string of the molecule is Cc1cc(C)n2c(CN3CCNCC3c3cccnc3)cnc2n1. The lowest BCUT2D eigenvalue weighted by molar-refractivity contribution is 0.151. The van der Waals surface area contributed by atoms with E-state index < -0.39 is 0 Å². The Hall–Kier alpha value is -2.31. The second kappa shape index (κ2) is 6.30. The first kappa shape index (κ1) is 15.2. The molecule has 6 nitrogen and oxygen atoms in total. The average molecular weight is 322 g/mol. The largest absolute Gasteiger partial charge is 0.314 e. The maximum Gasteiger partial charge on any atom is 0.234 e. The number of nitrogens with zero attached hydrogens (tertiary/aromatic N) is 5. The van der Waals surface area contributed by atoms with Crippen molar-refractivity contribution in [2.24, 2.45) is 0 Å². The predicted molar refractivity (Wildman–Crippen MR) is 92.7 cm³/mol. The smallest absolute Gasteiger partial charge is 0.234 e. The van der Waals surface area contributed by atoms with Crippen LogP contribution >= 0.6 is 0 Å². The number of hydrogen-bond acceptors (Lipinski definition) is 5. The number of fused-ring (bicyclic) bond motifs is 1. The lowest BCUT2D eigenvalue weighted by Crippen LogP contribution is -2.45. The molecule has 4 rings (SSSR count).